The molecule has 2 heterocycles. The molecule has 0 spiro atoms. The van der Waals surface area contributed by atoms with Crippen LogP contribution in [0.5, 0.6) is 0 Å². The maximum atomic E-state index is 12.9. The minimum Gasteiger partial charge on any atom is -0.458 e. The van der Waals surface area contributed by atoms with Gasteiger partial charge in [0.05, 0.1) is 11.8 Å². The van der Waals surface area contributed by atoms with Gasteiger partial charge in [0.15, 0.2) is 5.76 Å². The SMILES string of the molecule is Cc1ccc(-c2cnc(-c3ccccc3C(=O)N[C@H]3CC(C)(C)OC3=O)o2)cc1. The van der Waals surface area contributed by atoms with Gasteiger partial charge in [0.2, 0.25) is 5.89 Å². The van der Waals surface area contributed by atoms with Crippen LogP contribution in [0.25, 0.3) is 22.8 Å². The van der Waals surface area contributed by atoms with Gasteiger partial charge >= 0.3 is 5.97 Å². The highest BCUT2D eigenvalue weighted by Gasteiger charge is 2.41. The van der Waals surface area contributed by atoms with Crippen molar-refractivity contribution in [3.63, 3.8) is 0 Å². The van der Waals surface area contributed by atoms with Crippen LogP contribution in [0.1, 0.15) is 36.2 Å². The Morgan fingerprint density at radius 1 is 1.14 bits per heavy atom. The minimum atomic E-state index is -0.668. The lowest BCUT2D eigenvalue weighted by atomic mass is 10.0. The molecule has 0 bridgehead atoms. The first kappa shape index (κ1) is 18.9. The highest BCUT2D eigenvalue weighted by molar-refractivity contribution is 6.02. The van der Waals surface area contributed by atoms with Crippen molar-refractivity contribution in [1.82, 2.24) is 10.3 Å². The predicted octanol–water partition coefficient (Wildman–Crippen LogP) is 4.14. The number of nitrogens with one attached hydrogen (secondary N) is 1. The molecule has 3 aromatic rings. The van der Waals surface area contributed by atoms with Crippen molar-refractivity contribution >= 4 is 11.9 Å². The number of aryl methyl sites for hydroxylation is 1. The molecule has 1 fully saturated rings. The summed E-state index contributed by atoms with van der Waals surface area (Å²) in [7, 11) is 0. The van der Waals surface area contributed by atoms with E-state index in [-0.39, 0.29) is 5.91 Å². The van der Waals surface area contributed by atoms with Gasteiger partial charge in [0.25, 0.3) is 5.91 Å². The summed E-state index contributed by atoms with van der Waals surface area (Å²) in [5, 5.41) is 2.77. The molecule has 1 saturated heterocycles. The van der Waals surface area contributed by atoms with Crippen molar-refractivity contribution in [2.75, 3.05) is 0 Å². The van der Waals surface area contributed by atoms with E-state index in [1.807, 2.05) is 51.1 Å². The maximum Gasteiger partial charge on any atom is 0.329 e. The van der Waals surface area contributed by atoms with Gasteiger partial charge < -0.3 is 14.5 Å². The predicted molar refractivity (Wildman–Crippen MR) is 108 cm³/mol. The molecule has 4 rings (SSSR count). The molecule has 1 atom stereocenters. The Morgan fingerprint density at radius 2 is 1.86 bits per heavy atom. The minimum absolute atomic E-state index is 0.348. The number of carbonyl (C=O) groups excluding carboxylic acids is 2. The van der Waals surface area contributed by atoms with E-state index in [1.165, 1.54) is 0 Å². The molecule has 2 aromatic carbocycles. The van der Waals surface area contributed by atoms with Crippen LogP contribution >= 0.6 is 0 Å². The molecular weight excluding hydrogens is 368 g/mol. The van der Waals surface area contributed by atoms with Gasteiger partial charge in [-0.3, -0.25) is 4.79 Å². The van der Waals surface area contributed by atoms with E-state index in [0.29, 0.717) is 29.2 Å². The summed E-state index contributed by atoms with van der Waals surface area (Å²) >= 11 is 0. The zero-order valence-corrected chi connectivity index (χ0v) is 16.6. The molecule has 6 heteroatoms. The van der Waals surface area contributed by atoms with Crippen LogP contribution in [0, 0.1) is 6.92 Å². The van der Waals surface area contributed by atoms with Gasteiger partial charge in [-0.25, -0.2) is 9.78 Å². The fourth-order valence-corrected chi connectivity index (χ4v) is 3.42. The molecule has 1 N–H and O–H groups in total. The van der Waals surface area contributed by atoms with E-state index in [2.05, 4.69) is 10.3 Å². The van der Waals surface area contributed by atoms with Crippen molar-refractivity contribution in [2.45, 2.75) is 38.8 Å². The van der Waals surface area contributed by atoms with Gasteiger partial charge in [-0.05, 0) is 32.9 Å². The fraction of sp³-hybridized carbons (Fsp3) is 0.261. The number of amides is 1. The van der Waals surface area contributed by atoms with E-state index in [4.69, 9.17) is 9.15 Å². The molecule has 0 unspecified atom stereocenters. The van der Waals surface area contributed by atoms with Gasteiger partial charge in [0.1, 0.15) is 11.6 Å². The molecule has 29 heavy (non-hydrogen) atoms. The third-order valence-electron chi connectivity index (χ3n) is 4.91. The molecule has 0 aliphatic carbocycles. The van der Waals surface area contributed by atoms with Crippen molar-refractivity contribution in [3.8, 4) is 22.8 Å². The molecule has 6 nitrogen and oxygen atoms in total. The monoisotopic (exact) mass is 390 g/mol. The second-order valence-electron chi connectivity index (χ2n) is 7.85. The quantitative estimate of drug-likeness (QED) is 0.677. The third-order valence-corrected chi connectivity index (χ3v) is 4.91. The van der Waals surface area contributed by atoms with Crippen LogP contribution in [-0.4, -0.2) is 28.5 Å². The summed E-state index contributed by atoms with van der Waals surface area (Å²) < 4.78 is 11.2. The van der Waals surface area contributed by atoms with Crippen LogP contribution in [0.2, 0.25) is 0 Å². The Morgan fingerprint density at radius 3 is 2.55 bits per heavy atom. The van der Waals surface area contributed by atoms with Gasteiger partial charge in [-0.15, -0.1) is 0 Å². The number of benzene rings is 2. The van der Waals surface area contributed by atoms with Crippen molar-refractivity contribution in [1.29, 1.82) is 0 Å². The molecular formula is C23H22N2O4. The zero-order valence-electron chi connectivity index (χ0n) is 16.6. The molecule has 1 amide bonds. The number of aromatic nitrogens is 1. The summed E-state index contributed by atoms with van der Waals surface area (Å²) in [6, 6.07) is 14.3. The molecule has 0 radical (unpaired) electrons. The van der Waals surface area contributed by atoms with Crippen LogP contribution < -0.4 is 5.32 Å². The number of carbonyl (C=O) groups is 2. The Bertz CT molecular complexity index is 1070. The lowest BCUT2D eigenvalue weighted by Gasteiger charge is -2.14. The standard InChI is InChI=1S/C23H22N2O4/c1-14-8-10-15(11-9-14)19-13-24-21(28-19)17-7-5-4-6-16(17)20(26)25-18-12-23(2,3)29-22(18)27/h4-11,13,18H,12H2,1-3H3,(H,25,26)/t18-/m0/s1. The van der Waals surface area contributed by atoms with E-state index >= 15 is 0 Å². The van der Waals surface area contributed by atoms with Crippen molar-refractivity contribution in [3.05, 3.63) is 65.9 Å². The average Bonchev–Trinajstić information content (AvgIpc) is 3.26. The number of ether oxygens (including phenoxy) is 1. The number of esters is 1. The number of hydrogen-bond acceptors (Lipinski definition) is 5. The van der Waals surface area contributed by atoms with Crippen LogP contribution in [-0.2, 0) is 9.53 Å². The zero-order chi connectivity index (χ0) is 20.6. The lowest BCUT2D eigenvalue weighted by Crippen LogP contribution is -2.38. The third kappa shape index (κ3) is 3.92. The number of rotatable bonds is 4. The van der Waals surface area contributed by atoms with E-state index in [9.17, 15) is 9.59 Å². The van der Waals surface area contributed by atoms with Crippen LogP contribution in [0.3, 0.4) is 0 Å². The highest BCUT2D eigenvalue weighted by Crippen LogP contribution is 2.29. The average molecular weight is 390 g/mol. The van der Waals surface area contributed by atoms with Gasteiger partial charge in [-0.1, -0.05) is 42.0 Å². The highest BCUT2D eigenvalue weighted by atomic mass is 16.6. The normalized spacial score (nSPS) is 17.8. The fourth-order valence-electron chi connectivity index (χ4n) is 3.42. The largest absolute Gasteiger partial charge is 0.458 e. The maximum absolute atomic E-state index is 12.9. The summed E-state index contributed by atoms with van der Waals surface area (Å²) in [6.07, 6.45) is 2.07. The van der Waals surface area contributed by atoms with Crippen LogP contribution in [0.15, 0.2) is 59.1 Å². The Kier molecular flexibility index (Phi) is 4.70. The second kappa shape index (κ2) is 7.20. The molecule has 1 aromatic heterocycles. The van der Waals surface area contributed by atoms with Crippen molar-refractivity contribution < 1.29 is 18.7 Å². The smallest absolute Gasteiger partial charge is 0.329 e. The van der Waals surface area contributed by atoms with Crippen molar-refractivity contribution in [2.24, 2.45) is 0 Å². The topological polar surface area (TPSA) is 81.4 Å². The lowest BCUT2D eigenvalue weighted by molar-refractivity contribution is -0.147. The first-order chi connectivity index (χ1) is 13.8. The molecule has 148 valence electrons. The number of hydrogen-bond donors (Lipinski definition) is 1. The Hall–Kier alpha value is -3.41. The summed E-state index contributed by atoms with van der Waals surface area (Å²) in [5.74, 6) is 0.186. The van der Waals surface area contributed by atoms with E-state index in [1.54, 1.807) is 24.4 Å². The number of oxazole rings is 1. The summed E-state index contributed by atoms with van der Waals surface area (Å²) in [4.78, 5) is 29.3. The second-order valence-corrected chi connectivity index (χ2v) is 7.85. The molecule has 1 aliphatic heterocycles. The number of cyclic esters (lactones) is 1. The summed E-state index contributed by atoms with van der Waals surface area (Å²) in [6.45, 7) is 5.67. The van der Waals surface area contributed by atoms with Gasteiger partial charge in [-0.2, -0.15) is 0 Å². The first-order valence-electron chi connectivity index (χ1n) is 9.48. The van der Waals surface area contributed by atoms with Gasteiger partial charge in [0, 0.05) is 17.5 Å². The van der Waals surface area contributed by atoms with Crippen LogP contribution in [0.4, 0.5) is 0 Å². The summed E-state index contributed by atoms with van der Waals surface area (Å²) in [5.41, 5.74) is 2.44. The first-order valence-corrected chi connectivity index (χ1v) is 9.48. The number of nitrogens with zero attached hydrogens (tertiary/aromatic N) is 1. The molecule has 1 aliphatic rings. The van der Waals surface area contributed by atoms with E-state index in [0.717, 1.165) is 11.1 Å². The van der Waals surface area contributed by atoms with E-state index < -0.39 is 17.6 Å². The Labute approximate surface area is 168 Å². The Balaban J connectivity index is 1.60. The molecule has 0 saturated carbocycles.